The van der Waals surface area contributed by atoms with Crippen molar-refractivity contribution in [3.05, 3.63) is 54.1 Å². The molecule has 0 unspecified atom stereocenters. The van der Waals surface area contributed by atoms with Crippen LogP contribution in [-0.2, 0) is 0 Å². The van der Waals surface area contributed by atoms with E-state index in [-0.39, 0.29) is 5.78 Å². The molecule has 0 bridgehead atoms. The van der Waals surface area contributed by atoms with Crippen LogP contribution in [0.2, 0.25) is 0 Å². The second-order valence-corrected chi connectivity index (χ2v) is 4.38. The van der Waals surface area contributed by atoms with Gasteiger partial charge in [-0.2, -0.15) is 0 Å². The molecule has 0 aliphatic heterocycles. The Morgan fingerprint density at radius 2 is 1.73 bits per heavy atom. The Balaban J connectivity index is 0.00000116. The average Bonchev–Trinajstić information content (AvgIpc) is 2.57. The van der Waals surface area contributed by atoms with E-state index in [0.717, 1.165) is 17.1 Å². The van der Waals surface area contributed by atoms with Crippen molar-refractivity contribution in [3.63, 3.8) is 0 Å². The van der Waals surface area contributed by atoms with Gasteiger partial charge in [0.2, 0.25) is 0 Å². The number of benzene rings is 2. The van der Waals surface area contributed by atoms with E-state index in [0.29, 0.717) is 12.3 Å². The van der Waals surface area contributed by atoms with Gasteiger partial charge in [0.05, 0.1) is 0 Å². The van der Waals surface area contributed by atoms with Gasteiger partial charge in [-0.15, -0.1) is 0 Å². The fourth-order valence-electron chi connectivity index (χ4n) is 1.77. The number of nitrogens with one attached hydrogen (secondary N) is 2. The third-order valence-electron chi connectivity index (χ3n) is 2.93. The van der Waals surface area contributed by atoms with Crippen LogP contribution in [0.4, 0.5) is 11.4 Å². The van der Waals surface area contributed by atoms with Gasteiger partial charge < -0.3 is 15.4 Å². The van der Waals surface area contributed by atoms with Crippen molar-refractivity contribution >= 4 is 17.2 Å². The summed E-state index contributed by atoms with van der Waals surface area (Å²) in [6.07, 6.45) is 0. The molecule has 0 aliphatic carbocycles. The highest BCUT2D eigenvalue weighted by Gasteiger charge is 2.00. The number of hydrogen-bond acceptors (Lipinski definition) is 4. The predicted octanol–water partition coefficient (Wildman–Crippen LogP) is 4.41. The number of carbonyl (C=O) groups excluding carboxylic acids is 1. The second-order valence-electron chi connectivity index (χ2n) is 4.38. The van der Waals surface area contributed by atoms with Crippen LogP contribution in [0.1, 0.15) is 31.1 Å². The highest BCUT2D eigenvalue weighted by molar-refractivity contribution is 5.94. The van der Waals surface area contributed by atoms with Gasteiger partial charge in [0, 0.05) is 24.0 Å². The molecule has 0 atom stereocenters. The standard InChI is InChI=1S/C16H18N2O2.C2H6/c1-12(19)13-4-3-5-15(10-13)18-11-20-16-8-6-14(17-2)7-9-16;1-2/h3-10,17-18H,11H2,1-2H3;1-2H3. The van der Waals surface area contributed by atoms with Crippen molar-refractivity contribution in [2.24, 2.45) is 0 Å². The van der Waals surface area contributed by atoms with Crippen molar-refractivity contribution in [1.29, 1.82) is 0 Å². The van der Waals surface area contributed by atoms with Gasteiger partial charge in [0.15, 0.2) is 12.5 Å². The Hall–Kier alpha value is -2.49. The number of rotatable bonds is 6. The van der Waals surface area contributed by atoms with Gasteiger partial charge in [0.25, 0.3) is 0 Å². The molecule has 2 aromatic rings. The number of Topliss-reactive ketones (excluding diaryl/α,β-unsaturated/α-hetero) is 1. The Bertz CT molecular complexity index is 580. The topological polar surface area (TPSA) is 50.4 Å². The minimum Gasteiger partial charge on any atom is -0.473 e. The van der Waals surface area contributed by atoms with E-state index < -0.39 is 0 Å². The first-order chi connectivity index (χ1) is 10.7. The molecule has 4 heteroatoms. The maximum Gasteiger partial charge on any atom is 0.159 e. The summed E-state index contributed by atoms with van der Waals surface area (Å²) < 4.78 is 5.59. The summed E-state index contributed by atoms with van der Waals surface area (Å²) in [5, 5.41) is 6.18. The summed E-state index contributed by atoms with van der Waals surface area (Å²) >= 11 is 0. The Labute approximate surface area is 132 Å². The maximum absolute atomic E-state index is 11.3. The van der Waals surface area contributed by atoms with E-state index in [1.165, 1.54) is 0 Å². The van der Waals surface area contributed by atoms with Gasteiger partial charge in [-0.1, -0.05) is 26.0 Å². The minimum absolute atomic E-state index is 0.0530. The average molecular weight is 300 g/mol. The molecule has 4 nitrogen and oxygen atoms in total. The van der Waals surface area contributed by atoms with Crippen LogP contribution >= 0.6 is 0 Å². The molecule has 0 heterocycles. The zero-order valence-corrected chi connectivity index (χ0v) is 13.6. The molecule has 22 heavy (non-hydrogen) atoms. The third-order valence-corrected chi connectivity index (χ3v) is 2.93. The molecule has 0 aliphatic rings. The molecule has 0 fully saturated rings. The molecule has 0 spiro atoms. The second kappa shape index (κ2) is 9.45. The lowest BCUT2D eigenvalue weighted by Crippen LogP contribution is -2.09. The van der Waals surface area contributed by atoms with E-state index in [1.807, 2.05) is 63.4 Å². The lowest BCUT2D eigenvalue weighted by Gasteiger charge is -2.10. The summed E-state index contributed by atoms with van der Waals surface area (Å²) in [5.74, 6) is 0.844. The monoisotopic (exact) mass is 300 g/mol. The molecule has 2 N–H and O–H groups in total. The van der Waals surface area contributed by atoms with Crippen molar-refractivity contribution in [1.82, 2.24) is 0 Å². The molecule has 0 amide bonds. The van der Waals surface area contributed by atoms with E-state index in [2.05, 4.69) is 10.6 Å². The van der Waals surface area contributed by atoms with Crippen LogP contribution < -0.4 is 15.4 Å². The molecule has 2 rings (SSSR count). The van der Waals surface area contributed by atoms with Crippen LogP contribution in [0.3, 0.4) is 0 Å². The predicted molar refractivity (Wildman–Crippen MR) is 92.9 cm³/mol. The Kier molecular flexibility index (Phi) is 7.54. The first kappa shape index (κ1) is 17.6. The number of ether oxygens (including phenoxy) is 1. The number of ketones is 1. The molecule has 0 aromatic heterocycles. The molecule has 2 aromatic carbocycles. The first-order valence-corrected chi connectivity index (χ1v) is 7.44. The van der Waals surface area contributed by atoms with E-state index >= 15 is 0 Å². The third kappa shape index (κ3) is 5.48. The van der Waals surface area contributed by atoms with Crippen LogP contribution in [0.5, 0.6) is 5.75 Å². The SMILES string of the molecule is CC.CNc1ccc(OCNc2cccc(C(C)=O)c2)cc1. The van der Waals surface area contributed by atoms with Gasteiger partial charge in [-0.05, 0) is 43.3 Å². The van der Waals surface area contributed by atoms with Crippen LogP contribution in [-0.4, -0.2) is 19.6 Å². The molecule has 0 radical (unpaired) electrons. The van der Waals surface area contributed by atoms with Crippen LogP contribution in [0, 0.1) is 0 Å². The summed E-state index contributed by atoms with van der Waals surface area (Å²) in [7, 11) is 1.87. The summed E-state index contributed by atoms with van der Waals surface area (Å²) in [6, 6.07) is 15.1. The smallest absolute Gasteiger partial charge is 0.159 e. The zero-order chi connectivity index (χ0) is 16.4. The lowest BCUT2D eigenvalue weighted by atomic mass is 10.1. The molecular weight excluding hydrogens is 276 g/mol. The highest BCUT2D eigenvalue weighted by Crippen LogP contribution is 2.16. The van der Waals surface area contributed by atoms with Gasteiger partial charge >= 0.3 is 0 Å². The Morgan fingerprint density at radius 1 is 1.05 bits per heavy atom. The molecule has 118 valence electrons. The van der Waals surface area contributed by atoms with E-state index in [4.69, 9.17) is 4.74 Å². The highest BCUT2D eigenvalue weighted by atomic mass is 16.5. The van der Waals surface area contributed by atoms with E-state index in [9.17, 15) is 4.79 Å². The molecule has 0 saturated carbocycles. The van der Waals surface area contributed by atoms with Gasteiger partial charge in [0.1, 0.15) is 5.75 Å². The van der Waals surface area contributed by atoms with Crippen molar-refractivity contribution in [2.45, 2.75) is 20.8 Å². The van der Waals surface area contributed by atoms with Gasteiger partial charge in [-0.3, -0.25) is 4.79 Å². The normalized spacial score (nSPS) is 9.27. The first-order valence-electron chi connectivity index (χ1n) is 7.44. The Morgan fingerprint density at radius 3 is 2.32 bits per heavy atom. The fourth-order valence-corrected chi connectivity index (χ4v) is 1.77. The molecule has 0 saturated heterocycles. The largest absolute Gasteiger partial charge is 0.473 e. The fraction of sp³-hybridized carbons (Fsp3) is 0.278. The lowest BCUT2D eigenvalue weighted by molar-refractivity contribution is 0.101. The van der Waals surface area contributed by atoms with E-state index in [1.54, 1.807) is 13.0 Å². The molecular formula is C18H24N2O2. The van der Waals surface area contributed by atoms with Crippen LogP contribution in [0.25, 0.3) is 0 Å². The summed E-state index contributed by atoms with van der Waals surface area (Å²) in [4.78, 5) is 11.3. The van der Waals surface area contributed by atoms with Gasteiger partial charge in [-0.25, -0.2) is 0 Å². The zero-order valence-electron chi connectivity index (χ0n) is 13.6. The number of carbonyl (C=O) groups is 1. The summed E-state index contributed by atoms with van der Waals surface area (Å²) in [6.45, 7) is 5.90. The number of anilines is 2. The summed E-state index contributed by atoms with van der Waals surface area (Å²) in [5.41, 5.74) is 2.59. The quantitative estimate of drug-likeness (QED) is 0.613. The van der Waals surface area contributed by atoms with Crippen molar-refractivity contribution in [3.8, 4) is 5.75 Å². The number of hydrogen-bond donors (Lipinski definition) is 2. The maximum atomic E-state index is 11.3. The van der Waals surface area contributed by atoms with Crippen LogP contribution in [0.15, 0.2) is 48.5 Å². The minimum atomic E-state index is 0.0530. The van der Waals surface area contributed by atoms with Crippen molar-refractivity contribution < 1.29 is 9.53 Å². The van der Waals surface area contributed by atoms with Crippen molar-refractivity contribution in [2.75, 3.05) is 24.4 Å².